The molecular weight excluding hydrogens is 454 g/mol. The number of thioether (sulfide) groups is 1. The molecule has 2 aromatic carbocycles. The second-order valence-electron chi connectivity index (χ2n) is 6.86. The molecule has 0 aliphatic heterocycles. The van der Waals surface area contributed by atoms with Gasteiger partial charge in [0.1, 0.15) is 5.65 Å². The van der Waals surface area contributed by atoms with Crippen LogP contribution in [0.25, 0.3) is 5.65 Å². The van der Waals surface area contributed by atoms with E-state index in [0.29, 0.717) is 27.8 Å². The minimum Gasteiger partial charge on any atom is -0.278 e. The first-order valence-electron chi connectivity index (χ1n) is 9.31. The minimum atomic E-state index is -3.72. The number of benzene rings is 2. The molecule has 2 heterocycles. The second kappa shape index (κ2) is 8.74. The molecule has 6 nitrogen and oxygen atoms in total. The molecule has 4 aromatic rings. The first-order valence-corrected chi connectivity index (χ1v) is 12.2. The zero-order chi connectivity index (χ0) is 22.0. The van der Waals surface area contributed by atoms with Crippen molar-refractivity contribution in [3.05, 3.63) is 99.6 Å². The van der Waals surface area contributed by atoms with Crippen molar-refractivity contribution in [2.24, 2.45) is 0 Å². The first-order chi connectivity index (χ1) is 14.8. The molecule has 2 aromatic heterocycles. The summed E-state index contributed by atoms with van der Waals surface area (Å²) in [4.78, 5) is 17.8. The molecule has 1 N–H and O–H groups in total. The van der Waals surface area contributed by atoms with E-state index in [1.165, 1.54) is 28.4 Å². The van der Waals surface area contributed by atoms with Crippen LogP contribution in [0.5, 0.6) is 0 Å². The Hall–Kier alpha value is -2.81. The van der Waals surface area contributed by atoms with Crippen LogP contribution in [0, 0.1) is 6.92 Å². The predicted molar refractivity (Wildman–Crippen MR) is 124 cm³/mol. The zero-order valence-corrected chi connectivity index (χ0v) is 18.8. The van der Waals surface area contributed by atoms with Crippen LogP contribution in [0.15, 0.2) is 87.5 Å². The molecule has 4 rings (SSSR count). The average molecular weight is 472 g/mol. The predicted octanol–water partition coefficient (Wildman–Crippen LogP) is 4.75. The number of aryl methyl sites for hydroxylation is 1. The average Bonchev–Trinajstić information content (AvgIpc) is 2.74. The Bertz CT molecular complexity index is 1420. The van der Waals surface area contributed by atoms with Gasteiger partial charge in [-0.15, -0.1) is 11.8 Å². The SMILES string of the molecule is Cc1ccc(S(=O)(=O)Nc2ccccc2SCc2cc(=O)n3cc(Cl)ccc3n2)cc1. The Kier molecular flexibility index (Phi) is 6.04. The molecule has 0 bridgehead atoms. The molecule has 0 saturated carbocycles. The summed E-state index contributed by atoms with van der Waals surface area (Å²) in [6, 6.07) is 18.6. The van der Waals surface area contributed by atoms with Gasteiger partial charge in [-0.25, -0.2) is 13.4 Å². The number of para-hydroxylation sites is 1. The number of nitrogens with one attached hydrogen (secondary N) is 1. The third-order valence-electron chi connectivity index (χ3n) is 4.51. The number of aromatic nitrogens is 2. The second-order valence-corrected chi connectivity index (χ2v) is 10.0. The Balaban J connectivity index is 1.57. The lowest BCUT2D eigenvalue weighted by Crippen LogP contribution is -2.15. The van der Waals surface area contributed by atoms with Crippen LogP contribution in [0.4, 0.5) is 5.69 Å². The van der Waals surface area contributed by atoms with Crippen molar-refractivity contribution in [1.29, 1.82) is 0 Å². The van der Waals surface area contributed by atoms with E-state index in [1.807, 2.05) is 19.1 Å². The van der Waals surface area contributed by atoms with E-state index in [4.69, 9.17) is 11.6 Å². The van der Waals surface area contributed by atoms with Crippen molar-refractivity contribution in [3.63, 3.8) is 0 Å². The number of halogens is 1. The summed E-state index contributed by atoms with van der Waals surface area (Å²) in [5, 5.41) is 0.452. The van der Waals surface area contributed by atoms with Gasteiger partial charge in [-0.2, -0.15) is 0 Å². The molecule has 0 aliphatic rings. The number of hydrogen-bond acceptors (Lipinski definition) is 5. The fraction of sp³-hybridized carbons (Fsp3) is 0.0909. The maximum Gasteiger partial charge on any atom is 0.261 e. The standard InChI is InChI=1S/C22H18ClN3O3S2/c1-15-6-9-18(10-7-15)31(28,29)25-19-4-2-3-5-20(19)30-14-17-12-22(27)26-13-16(23)8-11-21(26)24-17/h2-13,25H,14H2,1H3. The summed E-state index contributed by atoms with van der Waals surface area (Å²) in [6.07, 6.45) is 1.53. The number of fused-ring (bicyclic) bond motifs is 1. The van der Waals surface area contributed by atoms with Crippen molar-refractivity contribution < 1.29 is 8.42 Å². The molecule has 0 fully saturated rings. The number of anilines is 1. The molecule has 0 saturated heterocycles. The number of pyridine rings is 1. The molecule has 0 radical (unpaired) electrons. The van der Waals surface area contributed by atoms with E-state index >= 15 is 0 Å². The third kappa shape index (κ3) is 4.92. The van der Waals surface area contributed by atoms with Crippen molar-refractivity contribution in [2.75, 3.05) is 4.72 Å². The smallest absolute Gasteiger partial charge is 0.261 e. The Morgan fingerprint density at radius 3 is 2.58 bits per heavy atom. The number of sulfonamides is 1. The lowest BCUT2D eigenvalue weighted by atomic mass is 10.2. The van der Waals surface area contributed by atoms with Crippen LogP contribution in [0.2, 0.25) is 5.02 Å². The molecule has 31 heavy (non-hydrogen) atoms. The topological polar surface area (TPSA) is 80.5 Å². The molecule has 0 amide bonds. The molecule has 9 heteroatoms. The van der Waals surface area contributed by atoms with Crippen LogP contribution in [0.1, 0.15) is 11.3 Å². The highest BCUT2D eigenvalue weighted by Crippen LogP contribution is 2.31. The van der Waals surface area contributed by atoms with Gasteiger partial charge in [0.2, 0.25) is 0 Å². The van der Waals surface area contributed by atoms with Crippen LogP contribution >= 0.6 is 23.4 Å². The van der Waals surface area contributed by atoms with E-state index in [0.717, 1.165) is 10.5 Å². The summed E-state index contributed by atoms with van der Waals surface area (Å²) in [5.41, 5.74) is 2.32. The van der Waals surface area contributed by atoms with Crippen LogP contribution < -0.4 is 10.3 Å². The zero-order valence-electron chi connectivity index (χ0n) is 16.4. The Morgan fingerprint density at radius 1 is 1.06 bits per heavy atom. The monoisotopic (exact) mass is 471 g/mol. The van der Waals surface area contributed by atoms with Gasteiger partial charge in [0.15, 0.2) is 0 Å². The van der Waals surface area contributed by atoms with E-state index in [-0.39, 0.29) is 10.5 Å². The minimum absolute atomic E-state index is 0.195. The van der Waals surface area contributed by atoms with Crippen LogP contribution in [-0.2, 0) is 15.8 Å². The summed E-state index contributed by atoms with van der Waals surface area (Å²) < 4.78 is 29.6. The van der Waals surface area contributed by atoms with Crippen molar-refractivity contribution >= 4 is 44.7 Å². The maximum atomic E-state index is 12.8. The highest BCUT2D eigenvalue weighted by molar-refractivity contribution is 7.98. The van der Waals surface area contributed by atoms with Crippen molar-refractivity contribution in [1.82, 2.24) is 9.38 Å². The summed E-state index contributed by atoms with van der Waals surface area (Å²) in [7, 11) is -3.72. The number of hydrogen-bond donors (Lipinski definition) is 1. The normalized spacial score (nSPS) is 11.5. The van der Waals surface area contributed by atoms with E-state index in [1.54, 1.807) is 48.5 Å². The van der Waals surface area contributed by atoms with Gasteiger partial charge in [0.25, 0.3) is 15.6 Å². The van der Waals surface area contributed by atoms with E-state index in [2.05, 4.69) is 9.71 Å². The number of rotatable bonds is 6. The molecule has 0 atom stereocenters. The van der Waals surface area contributed by atoms with Crippen molar-refractivity contribution in [3.8, 4) is 0 Å². The van der Waals surface area contributed by atoms with E-state index in [9.17, 15) is 13.2 Å². The van der Waals surface area contributed by atoms with E-state index < -0.39 is 10.0 Å². The Labute approximate surface area is 189 Å². The quantitative estimate of drug-likeness (QED) is 0.410. The van der Waals surface area contributed by atoms with Gasteiger partial charge < -0.3 is 0 Å². The molecule has 0 aliphatic carbocycles. The van der Waals surface area contributed by atoms with Gasteiger partial charge in [-0.1, -0.05) is 41.4 Å². The first kappa shape index (κ1) is 21.4. The number of nitrogens with zero attached hydrogens (tertiary/aromatic N) is 2. The van der Waals surface area contributed by atoms with Gasteiger partial charge in [-0.3, -0.25) is 13.9 Å². The summed E-state index contributed by atoms with van der Waals surface area (Å²) in [5.74, 6) is 0.400. The van der Waals surface area contributed by atoms with Gasteiger partial charge >= 0.3 is 0 Å². The highest BCUT2D eigenvalue weighted by atomic mass is 35.5. The Morgan fingerprint density at radius 2 is 1.81 bits per heavy atom. The fourth-order valence-electron chi connectivity index (χ4n) is 2.95. The molecule has 0 spiro atoms. The molecular formula is C22H18ClN3O3S2. The van der Waals surface area contributed by atoms with Crippen LogP contribution in [-0.4, -0.2) is 17.8 Å². The maximum absolute atomic E-state index is 12.8. The van der Waals surface area contributed by atoms with Gasteiger partial charge in [0.05, 0.1) is 21.3 Å². The van der Waals surface area contributed by atoms with Crippen LogP contribution in [0.3, 0.4) is 0 Å². The lowest BCUT2D eigenvalue weighted by molar-refractivity contribution is 0.601. The fourth-order valence-corrected chi connectivity index (χ4v) is 5.16. The van der Waals surface area contributed by atoms with Gasteiger partial charge in [0, 0.05) is 22.9 Å². The summed E-state index contributed by atoms with van der Waals surface area (Å²) in [6.45, 7) is 1.90. The summed E-state index contributed by atoms with van der Waals surface area (Å²) >= 11 is 7.34. The third-order valence-corrected chi connectivity index (χ3v) is 7.23. The lowest BCUT2D eigenvalue weighted by Gasteiger charge is -2.12. The largest absolute Gasteiger partial charge is 0.278 e. The highest BCUT2D eigenvalue weighted by Gasteiger charge is 2.16. The van der Waals surface area contributed by atoms with Gasteiger partial charge in [-0.05, 0) is 43.3 Å². The van der Waals surface area contributed by atoms with Crippen molar-refractivity contribution in [2.45, 2.75) is 22.5 Å². The molecule has 0 unspecified atom stereocenters. The molecule has 158 valence electrons.